The van der Waals surface area contributed by atoms with Crippen LogP contribution in [0.4, 0.5) is 0 Å². The number of likely N-dealkylation sites (N-methyl/N-ethyl adjacent to an activating group) is 2. The van der Waals surface area contributed by atoms with Crippen LogP contribution in [0.25, 0.3) is 11.1 Å². The molecule has 21 heteroatoms. The molecule has 388 valence electrons. The molecule has 2 aliphatic rings. The molecule has 10 N–H and O–H groups in total. The maximum absolute atomic E-state index is 13.7. The van der Waals surface area contributed by atoms with Gasteiger partial charge in [0.2, 0.25) is 17.7 Å². The fourth-order valence-corrected chi connectivity index (χ4v) is 8.48. The Balaban J connectivity index is 1.17. The molecule has 2 aliphatic carbocycles. The maximum Gasteiger partial charge on any atom is 0.224 e. The van der Waals surface area contributed by atoms with Crippen molar-refractivity contribution in [2.45, 2.75) is 131 Å². The second kappa shape index (κ2) is 26.6. The summed E-state index contributed by atoms with van der Waals surface area (Å²) in [4.78, 5) is 47.8. The van der Waals surface area contributed by atoms with E-state index in [-0.39, 0.29) is 51.0 Å². The molecule has 3 aromatic rings. The Hall–Kier alpha value is -4.06. The van der Waals surface area contributed by atoms with E-state index in [0.29, 0.717) is 34.9 Å². The van der Waals surface area contributed by atoms with E-state index in [0.717, 1.165) is 63.5 Å². The van der Waals surface area contributed by atoms with Crippen LogP contribution >= 0.6 is 23.2 Å². The second-order valence-corrected chi connectivity index (χ2v) is 19.1. The minimum atomic E-state index is -1.90. The summed E-state index contributed by atoms with van der Waals surface area (Å²) < 4.78 is 12.8. The van der Waals surface area contributed by atoms with E-state index in [4.69, 9.17) is 42.9 Å². The first kappa shape index (κ1) is 56.8. The number of aliphatic hydroxyl groups excluding tert-OH is 10. The Labute approximate surface area is 417 Å². The standard InChI is InChI=1S/C49H68Cl2N4O15/c1-53(24-37(58)45(65)47(67)39(60)26-56)42(62)14-19-55(20-15-43(63)54(2)25-38(59)46(66)48(68)40(61)27-57)44(64)10-6-3-7-29-21-36(51)30(22-35(29)50)28-69-49(16-17-49)34-23-52-18-13-32(34)33-8-4-5-9-41(33)70-31-11-12-31/h4-5,8-9,13,18,21-23,31,37-40,45-48,56-61,65-68H,3,6-7,10-12,14-17,19-20,24-28H2,1-2H3/t37-,38-,39+,40+,45+,46+,47+,48+/m0/s1. The Morgan fingerprint density at radius 2 is 1.23 bits per heavy atom. The van der Waals surface area contributed by atoms with Crippen molar-refractivity contribution in [2.24, 2.45) is 0 Å². The number of benzene rings is 2. The molecule has 8 atom stereocenters. The molecule has 1 aromatic heterocycles. The average Bonchev–Trinajstić information content (AvgIpc) is 4.32. The third-order valence-corrected chi connectivity index (χ3v) is 13.5. The third kappa shape index (κ3) is 15.7. The van der Waals surface area contributed by atoms with Gasteiger partial charge in [-0.15, -0.1) is 0 Å². The topological polar surface area (TPSA) is 295 Å². The van der Waals surface area contributed by atoms with Gasteiger partial charge in [0, 0.05) is 93.1 Å². The first-order valence-corrected chi connectivity index (χ1v) is 24.3. The lowest BCUT2D eigenvalue weighted by Crippen LogP contribution is -2.50. The monoisotopic (exact) mass is 1020 g/mol. The number of aryl methyl sites for hydroxylation is 1. The van der Waals surface area contributed by atoms with E-state index in [2.05, 4.69) is 4.98 Å². The highest BCUT2D eigenvalue weighted by molar-refractivity contribution is 6.34. The zero-order chi connectivity index (χ0) is 51.3. The predicted octanol–water partition coefficient (Wildman–Crippen LogP) is 0.913. The molecular weight excluding hydrogens is 955 g/mol. The number of hydrogen-bond acceptors (Lipinski definition) is 16. The van der Waals surface area contributed by atoms with Gasteiger partial charge in [0.15, 0.2) is 0 Å². The third-order valence-electron chi connectivity index (χ3n) is 12.8. The van der Waals surface area contributed by atoms with Gasteiger partial charge >= 0.3 is 0 Å². The lowest BCUT2D eigenvalue weighted by atomic mass is 9.96. The van der Waals surface area contributed by atoms with Crippen molar-refractivity contribution < 1.29 is 74.9 Å². The fourth-order valence-electron chi connectivity index (χ4n) is 7.96. The van der Waals surface area contributed by atoms with Crippen molar-refractivity contribution in [3.05, 3.63) is 81.6 Å². The van der Waals surface area contributed by atoms with E-state index in [9.17, 15) is 55.2 Å². The minimum Gasteiger partial charge on any atom is -0.490 e. The van der Waals surface area contributed by atoms with Crippen LogP contribution in [0.3, 0.4) is 0 Å². The Kier molecular flexibility index (Phi) is 21.6. The number of pyridine rings is 1. The van der Waals surface area contributed by atoms with Crippen LogP contribution < -0.4 is 4.74 Å². The summed E-state index contributed by atoms with van der Waals surface area (Å²) in [5.74, 6) is -0.698. The number of amides is 3. The van der Waals surface area contributed by atoms with Crippen molar-refractivity contribution in [1.82, 2.24) is 19.7 Å². The zero-order valence-electron chi connectivity index (χ0n) is 39.5. The van der Waals surface area contributed by atoms with Crippen LogP contribution in [0, 0.1) is 0 Å². The Morgan fingerprint density at radius 1 is 0.700 bits per heavy atom. The van der Waals surface area contributed by atoms with Crippen LogP contribution in [0.15, 0.2) is 54.9 Å². The lowest BCUT2D eigenvalue weighted by Gasteiger charge is -2.30. The van der Waals surface area contributed by atoms with Gasteiger partial charge in [-0.1, -0.05) is 41.4 Å². The number of carbonyl (C=O) groups is 3. The summed E-state index contributed by atoms with van der Waals surface area (Å²) in [6.07, 6.45) is -6.06. The number of ether oxygens (including phenoxy) is 2. The quantitative estimate of drug-likeness (QED) is 0.0416. The SMILES string of the molecule is CN(C[C@H](O)[C@@H](O)[C@H](O)[C@H](O)CO)C(=O)CCN(CCC(=O)N(C)C[C@H](O)[C@@H](O)[C@H](O)[C@H](O)CO)C(=O)CCCCc1cc(Cl)c(COC2(c3cnccc3-c3ccccc3OC3CC3)CC2)cc1Cl. The van der Waals surface area contributed by atoms with E-state index >= 15 is 0 Å². The van der Waals surface area contributed by atoms with E-state index in [1.165, 1.54) is 19.0 Å². The first-order valence-electron chi connectivity index (χ1n) is 23.5. The number of aromatic nitrogens is 1. The van der Waals surface area contributed by atoms with Crippen molar-refractivity contribution in [3.8, 4) is 16.9 Å². The molecule has 19 nitrogen and oxygen atoms in total. The van der Waals surface area contributed by atoms with Gasteiger partial charge in [-0.2, -0.15) is 0 Å². The van der Waals surface area contributed by atoms with Crippen LogP contribution in [-0.2, 0) is 37.7 Å². The molecule has 2 fully saturated rings. The molecule has 3 amide bonds. The largest absolute Gasteiger partial charge is 0.490 e. The Bertz CT molecular complexity index is 2130. The van der Waals surface area contributed by atoms with Gasteiger partial charge in [-0.05, 0) is 85.9 Å². The number of rotatable bonds is 30. The lowest BCUT2D eigenvalue weighted by molar-refractivity contribution is -0.140. The maximum atomic E-state index is 13.7. The molecule has 70 heavy (non-hydrogen) atoms. The summed E-state index contributed by atoms with van der Waals surface area (Å²) in [5, 5.41) is 99.5. The van der Waals surface area contributed by atoms with Crippen molar-refractivity contribution in [2.75, 3.05) is 53.5 Å². The zero-order valence-corrected chi connectivity index (χ0v) is 41.0. The summed E-state index contributed by atoms with van der Waals surface area (Å²) in [6, 6.07) is 13.5. The molecule has 1 heterocycles. The number of unbranched alkanes of at least 4 members (excludes halogenated alkanes) is 1. The highest BCUT2D eigenvalue weighted by atomic mass is 35.5. The summed E-state index contributed by atoms with van der Waals surface area (Å²) in [6.45, 7) is -2.81. The molecular formula is C49H68Cl2N4O15. The van der Waals surface area contributed by atoms with E-state index in [1.807, 2.05) is 36.5 Å². The Morgan fingerprint density at radius 3 is 1.77 bits per heavy atom. The first-order chi connectivity index (χ1) is 33.3. The number of hydrogen-bond donors (Lipinski definition) is 10. The van der Waals surface area contributed by atoms with Crippen molar-refractivity contribution in [3.63, 3.8) is 0 Å². The highest BCUT2D eigenvalue weighted by Gasteiger charge is 2.48. The average molecular weight is 1020 g/mol. The molecule has 0 bridgehead atoms. The fraction of sp³-hybridized carbons (Fsp3) is 0.592. The van der Waals surface area contributed by atoms with E-state index in [1.54, 1.807) is 18.3 Å². The van der Waals surface area contributed by atoms with Gasteiger partial charge in [0.05, 0.1) is 31.5 Å². The number of carbonyl (C=O) groups excluding carboxylic acids is 3. The van der Waals surface area contributed by atoms with Gasteiger partial charge in [-0.3, -0.25) is 19.4 Å². The molecule has 0 saturated heterocycles. The summed E-state index contributed by atoms with van der Waals surface area (Å²) >= 11 is 13.6. The van der Waals surface area contributed by atoms with Crippen LogP contribution in [0.5, 0.6) is 5.75 Å². The smallest absolute Gasteiger partial charge is 0.224 e. The van der Waals surface area contributed by atoms with Gasteiger partial charge in [-0.25, -0.2) is 0 Å². The molecule has 2 aromatic carbocycles. The number of halogens is 2. The molecule has 2 saturated carbocycles. The van der Waals surface area contributed by atoms with Crippen LogP contribution in [0.1, 0.15) is 74.5 Å². The summed E-state index contributed by atoms with van der Waals surface area (Å²) in [7, 11) is 2.64. The van der Waals surface area contributed by atoms with Gasteiger partial charge in [0.25, 0.3) is 0 Å². The van der Waals surface area contributed by atoms with Gasteiger partial charge in [0.1, 0.15) is 54.6 Å². The van der Waals surface area contributed by atoms with E-state index < -0.39 is 92.6 Å². The predicted molar refractivity (Wildman–Crippen MR) is 256 cm³/mol. The normalized spacial score (nSPS) is 17.6. The molecule has 0 spiro atoms. The van der Waals surface area contributed by atoms with Crippen LogP contribution in [-0.4, -0.2) is 197 Å². The van der Waals surface area contributed by atoms with Crippen LogP contribution in [0.2, 0.25) is 10.0 Å². The number of nitrogens with zero attached hydrogens (tertiary/aromatic N) is 4. The van der Waals surface area contributed by atoms with Crippen molar-refractivity contribution >= 4 is 40.9 Å². The highest BCUT2D eigenvalue weighted by Crippen LogP contribution is 2.53. The van der Waals surface area contributed by atoms with Crippen molar-refractivity contribution in [1.29, 1.82) is 0 Å². The molecule has 0 aliphatic heterocycles. The number of aliphatic hydroxyl groups is 10. The van der Waals surface area contributed by atoms with Gasteiger partial charge < -0.3 is 75.2 Å². The minimum absolute atomic E-state index is 0.0207. The molecule has 0 unspecified atom stereocenters. The molecule has 0 radical (unpaired) electrons. The number of para-hydroxylation sites is 1. The second-order valence-electron chi connectivity index (χ2n) is 18.3. The molecule has 5 rings (SSSR count). The summed E-state index contributed by atoms with van der Waals surface area (Å²) in [5.41, 5.74) is 3.88.